The van der Waals surface area contributed by atoms with Crippen LogP contribution in [0.5, 0.6) is 5.75 Å². The molecule has 0 saturated carbocycles. The average molecular weight is 405 g/mol. The van der Waals surface area contributed by atoms with Gasteiger partial charge in [-0.05, 0) is 36.4 Å². The summed E-state index contributed by atoms with van der Waals surface area (Å²) in [7, 11) is 1.61. The molecule has 0 aliphatic rings. The number of hydrogen-bond acceptors (Lipinski definition) is 4. The smallest absolute Gasteiger partial charge is 0.295 e. The van der Waals surface area contributed by atoms with Gasteiger partial charge in [-0.25, -0.2) is 9.67 Å². The Balaban J connectivity index is 1.75. The summed E-state index contributed by atoms with van der Waals surface area (Å²) in [4.78, 5) is 17.3. The molecule has 0 fully saturated rings. The van der Waals surface area contributed by atoms with Crippen LogP contribution in [0.1, 0.15) is 10.6 Å². The molecule has 0 bridgehead atoms. The molecular formula is C22H17ClN4O2. The molecule has 4 aromatic rings. The lowest BCUT2D eigenvalue weighted by Crippen LogP contribution is -2.14. The number of nitrogens with zero attached hydrogens (tertiary/aromatic N) is 3. The molecular weight excluding hydrogens is 388 g/mol. The van der Waals surface area contributed by atoms with E-state index in [1.807, 2.05) is 54.6 Å². The van der Waals surface area contributed by atoms with Crippen molar-refractivity contribution in [3.8, 4) is 22.8 Å². The summed E-state index contributed by atoms with van der Waals surface area (Å²) in [6.07, 6.45) is 0. The van der Waals surface area contributed by atoms with Crippen LogP contribution in [-0.2, 0) is 0 Å². The summed E-state index contributed by atoms with van der Waals surface area (Å²) in [6, 6.07) is 24.0. The zero-order chi connectivity index (χ0) is 20.2. The summed E-state index contributed by atoms with van der Waals surface area (Å²) < 4.78 is 6.85. The van der Waals surface area contributed by atoms with E-state index in [0.29, 0.717) is 16.5 Å². The maximum atomic E-state index is 12.8. The minimum absolute atomic E-state index is 0.0413. The van der Waals surface area contributed by atoms with E-state index in [4.69, 9.17) is 16.3 Å². The van der Waals surface area contributed by atoms with Gasteiger partial charge in [0.15, 0.2) is 5.82 Å². The lowest BCUT2D eigenvalue weighted by Gasteiger charge is -2.07. The third kappa shape index (κ3) is 3.97. The molecule has 1 N–H and O–H groups in total. The fourth-order valence-electron chi connectivity index (χ4n) is 2.83. The number of amides is 1. The first-order chi connectivity index (χ1) is 14.2. The van der Waals surface area contributed by atoms with E-state index >= 15 is 0 Å². The number of aromatic nitrogens is 3. The second kappa shape index (κ2) is 8.16. The normalized spacial score (nSPS) is 10.6. The summed E-state index contributed by atoms with van der Waals surface area (Å²) in [5.74, 6) is 0.883. The highest BCUT2D eigenvalue weighted by atomic mass is 35.5. The van der Waals surface area contributed by atoms with Crippen molar-refractivity contribution in [2.75, 3.05) is 12.4 Å². The van der Waals surface area contributed by atoms with Gasteiger partial charge < -0.3 is 10.1 Å². The minimum atomic E-state index is -0.442. The number of nitrogens with one attached hydrogen (secondary N) is 1. The van der Waals surface area contributed by atoms with E-state index in [9.17, 15) is 4.79 Å². The Labute approximate surface area is 172 Å². The number of benzene rings is 3. The largest absolute Gasteiger partial charge is 0.497 e. The van der Waals surface area contributed by atoms with Crippen molar-refractivity contribution in [2.45, 2.75) is 0 Å². The topological polar surface area (TPSA) is 69.0 Å². The Morgan fingerprint density at radius 1 is 0.966 bits per heavy atom. The van der Waals surface area contributed by atoms with Gasteiger partial charge in [0.1, 0.15) is 5.75 Å². The lowest BCUT2D eigenvalue weighted by atomic mass is 10.2. The fraction of sp³-hybridized carbons (Fsp3) is 0.0455. The van der Waals surface area contributed by atoms with Crippen molar-refractivity contribution >= 4 is 23.2 Å². The van der Waals surface area contributed by atoms with E-state index in [1.54, 1.807) is 36.1 Å². The Morgan fingerprint density at radius 3 is 2.34 bits per heavy atom. The molecule has 0 spiro atoms. The molecule has 144 valence electrons. The van der Waals surface area contributed by atoms with Gasteiger partial charge >= 0.3 is 0 Å². The van der Waals surface area contributed by atoms with Crippen LogP contribution >= 0.6 is 11.6 Å². The Morgan fingerprint density at radius 2 is 1.66 bits per heavy atom. The monoisotopic (exact) mass is 404 g/mol. The van der Waals surface area contributed by atoms with Crippen LogP contribution in [0.4, 0.5) is 5.69 Å². The minimum Gasteiger partial charge on any atom is -0.497 e. The van der Waals surface area contributed by atoms with Gasteiger partial charge in [-0.1, -0.05) is 54.1 Å². The molecule has 0 radical (unpaired) electrons. The van der Waals surface area contributed by atoms with E-state index in [-0.39, 0.29) is 5.82 Å². The molecule has 4 rings (SSSR count). The van der Waals surface area contributed by atoms with Gasteiger partial charge in [-0.3, -0.25) is 4.79 Å². The van der Waals surface area contributed by atoms with Crippen molar-refractivity contribution in [1.29, 1.82) is 0 Å². The molecule has 0 aliphatic carbocycles. The maximum Gasteiger partial charge on any atom is 0.295 e. The number of anilines is 1. The lowest BCUT2D eigenvalue weighted by molar-refractivity contribution is 0.101. The molecule has 0 aliphatic heterocycles. The van der Waals surface area contributed by atoms with E-state index in [1.165, 1.54) is 0 Å². The van der Waals surface area contributed by atoms with Gasteiger partial charge in [0.2, 0.25) is 5.82 Å². The van der Waals surface area contributed by atoms with Crippen molar-refractivity contribution < 1.29 is 9.53 Å². The number of methoxy groups -OCH3 is 1. The van der Waals surface area contributed by atoms with Crippen molar-refractivity contribution in [3.63, 3.8) is 0 Å². The summed E-state index contributed by atoms with van der Waals surface area (Å²) in [5.41, 5.74) is 2.10. The zero-order valence-corrected chi connectivity index (χ0v) is 16.3. The van der Waals surface area contributed by atoms with Gasteiger partial charge in [0.25, 0.3) is 5.91 Å². The Hall–Kier alpha value is -3.64. The second-order valence-electron chi connectivity index (χ2n) is 6.17. The van der Waals surface area contributed by atoms with Crippen LogP contribution in [0.15, 0.2) is 78.9 Å². The van der Waals surface area contributed by atoms with Crippen LogP contribution in [0, 0.1) is 0 Å². The second-order valence-corrected chi connectivity index (χ2v) is 6.58. The zero-order valence-electron chi connectivity index (χ0n) is 15.5. The highest BCUT2D eigenvalue weighted by Crippen LogP contribution is 2.24. The van der Waals surface area contributed by atoms with Gasteiger partial charge in [-0.2, -0.15) is 0 Å². The molecule has 1 aromatic heterocycles. The Bertz CT molecular complexity index is 1140. The molecule has 1 amide bonds. The molecule has 0 unspecified atom stereocenters. The highest BCUT2D eigenvalue weighted by Gasteiger charge is 2.19. The van der Waals surface area contributed by atoms with Crippen LogP contribution < -0.4 is 10.1 Å². The molecule has 29 heavy (non-hydrogen) atoms. The predicted octanol–water partition coefficient (Wildman–Crippen LogP) is 4.85. The van der Waals surface area contributed by atoms with Crippen LogP contribution in [0.3, 0.4) is 0 Å². The van der Waals surface area contributed by atoms with Crippen molar-refractivity contribution in [3.05, 3.63) is 89.7 Å². The Kier molecular flexibility index (Phi) is 5.27. The molecule has 1 heterocycles. The fourth-order valence-corrected chi connectivity index (χ4v) is 3.01. The number of hydrogen-bond donors (Lipinski definition) is 1. The number of rotatable bonds is 5. The standard InChI is InChI=1S/C22H17ClN4O2/c1-29-17-13-11-16(12-14-17)27-21(15-7-3-2-4-8-15)25-20(26-27)22(28)24-19-10-6-5-9-18(19)23/h2-14H,1H3,(H,24,28). The van der Waals surface area contributed by atoms with Crippen molar-refractivity contribution in [1.82, 2.24) is 14.8 Å². The first kappa shape index (κ1) is 18.7. The van der Waals surface area contributed by atoms with E-state index < -0.39 is 5.91 Å². The van der Waals surface area contributed by atoms with Gasteiger partial charge in [0.05, 0.1) is 23.5 Å². The first-order valence-electron chi connectivity index (χ1n) is 8.88. The molecule has 7 heteroatoms. The summed E-state index contributed by atoms with van der Waals surface area (Å²) >= 11 is 6.14. The third-order valence-electron chi connectivity index (χ3n) is 4.28. The van der Waals surface area contributed by atoms with Gasteiger partial charge in [-0.15, -0.1) is 5.10 Å². The van der Waals surface area contributed by atoms with E-state index in [0.717, 1.165) is 17.0 Å². The predicted molar refractivity (Wildman–Crippen MR) is 113 cm³/mol. The number of carbonyl (C=O) groups excluding carboxylic acids is 1. The average Bonchev–Trinajstić information content (AvgIpc) is 3.22. The van der Waals surface area contributed by atoms with Crippen LogP contribution in [-0.4, -0.2) is 27.8 Å². The molecule has 3 aromatic carbocycles. The number of halogens is 1. The highest BCUT2D eigenvalue weighted by molar-refractivity contribution is 6.33. The first-order valence-corrected chi connectivity index (χ1v) is 9.26. The third-order valence-corrected chi connectivity index (χ3v) is 4.61. The van der Waals surface area contributed by atoms with Gasteiger partial charge in [0, 0.05) is 5.56 Å². The SMILES string of the molecule is COc1ccc(-n2nc(C(=O)Nc3ccccc3Cl)nc2-c2ccccc2)cc1. The van der Waals surface area contributed by atoms with Crippen LogP contribution in [0.25, 0.3) is 17.1 Å². The van der Waals surface area contributed by atoms with E-state index in [2.05, 4.69) is 15.4 Å². The quantitative estimate of drug-likeness (QED) is 0.516. The summed E-state index contributed by atoms with van der Waals surface area (Å²) in [6.45, 7) is 0. The van der Waals surface area contributed by atoms with Crippen molar-refractivity contribution in [2.24, 2.45) is 0 Å². The number of ether oxygens (including phenoxy) is 1. The number of para-hydroxylation sites is 1. The van der Waals surface area contributed by atoms with Crippen LogP contribution in [0.2, 0.25) is 5.02 Å². The molecule has 6 nitrogen and oxygen atoms in total. The summed E-state index contributed by atoms with van der Waals surface area (Å²) in [5, 5.41) is 7.65. The molecule has 0 saturated heterocycles. The molecule has 0 atom stereocenters. The number of carbonyl (C=O) groups is 1. The maximum absolute atomic E-state index is 12.8.